The summed E-state index contributed by atoms with van der Waals surface area (Å²) in [6.07, 6.45) is 2.13. The van der Waals surface area contributed by atoms with Gasteiger partial charge in [0.05, 0.1) is 11.5 Å². The molecule has 0 bridgehead atoms. The minimum Gasteiger partial charge on any atom is -0.434 e. The van der Waals surface area contributed by atoms with Crippen LogP contribution in [-0.4, -0.2) is 34.6 Å². The standard InChI is InChI=1S/C16H20N4O4/c1-4-12-5-7-13(8-6-12)24-16-14(20(21)22)15(17-10-18-16)19-11(2)9-23-3/h5-8,10-11H,4,9H2,1-3H3,(H,17,18,19). The third-order valence-corrected chi connectivity index (χ3v) is 3.32. The smallest absolute Gasteiger partial charge is 0.373 e. The predicted octanol–water partition coefficient (Wildman–Crippen LogP) is 3.19. The van der Waals surface area contributed by atoms with E-state index in [9.17, 15) is 10.1 Å². The van der Waals surface area contributed by atoms with Crippen LogP contribution in [0.1, 0.15) is 19.4 Å². The Labute approximate surface area is 140 Å². The van der Waals surface area contributed by atoms with E-state index in [0.717, 1.165) is 12.0 Å². The van der Waals surface area contributed by atoms with Gasteiger partial charge in [0.25, 0.3) is 0 Å². The van der Waals surface area contributed by atoms with E-state index in [1.165, 1.54) is 6.33 Å². The Morgan fingerprint density at radius 1 is 1.29 bits per heavy atom. The molecule has 0 spiro atoms. The number of aromatic nitrogens is 2. The first-order chi connectivity index (χ1) is 11.5. The zero-order chi connectivity index (χ0) is 17.5. The molecule has 1 heterocycles. The van der Waals surface area contributed by atoms with Crippen molar-refractivity contribution >= 4 is 11.5 Å². The van der Waals surface area contributed by atoms with Crippen molar-refractivity contribution in [2.75, 3.05) is 19.0 Å². The van der Waals surface area contributed by atoms with E-state index in [0.29, 0.717) is 12.4 Å². The summed E-state index contributed by atoms with van der Waals surface area (Å²) in [5, 5.41) is 14.4. The monoisotopic (exact) mass is 332 g/mol. The third-order valence-electron chi connectivity index (χ3n) is 3.32. The van der Waals surface area contributed by atoms with Crippen LogP contribution < -0.4 is 10.1 Å². The predicted molar refractivity (Wildman–Crippen MR) is 89.5 cm³/mol. The highest BCUT2D eigenvalue weighted by atomic mass is 16.6. The molecule has 0 aliphatic rings. The fraction of sp³-hybridized carbons (Fsp3) is 0.375. The zero-order valence-electron chi connectivity index (χ0n) is 13.9. The quantitative estimate of drug-likeness (QED) is 0.585. The van der Waals surface area contributed by atoms with Gasteiger partial charge in [0, 0.05) is 13.2 Å². The van der Waals surface area contributed by atoms with Crippen LogP contribution in [0, 0.1) is 10.1 Å². The topological polar surface area (TPSA) is 99.4 Å². The Balaban J connectivity index is 2.29. The van der Waals surface area contributed by atoms with Gasteiger partial charge in [-0.05, 0) is 31.0 Å². The molecule has 0 aliphatic heterocycles. The Morgan fingerprint density at radius 3 is 2.58 bits per heavy atom. The molecule has 1 N–H and O–H groups in total. The average Bonchev–Trinajstić information content (AvgIpc) is 2.55. The number of hydrogen-bond acceptors (Lipinski definition) is 7. The lowest BCUT2D eigenvalue weighted by atomic mass is 10.2. The van der Waals surface area contributed by atoms with Gasteiger partial charge in [0.1, 0.15) is 12.1 Å². The minimum absolute atomic E-state index is 0.0970. The Morgan fingerprint density at radius 2 is 2.00 bits per heavy atom. The van der Waals surface area contributed by atoms with Crippen molar-refractivity contribution in [1.82, 2.24) is 9.97 Å². The highest BCUT2D eigenvalue weighted by Crippen LogP contribution is 2.34. The Kier molecular flexibility index (Phi) is 6.02. The summed E-state index contributed by atoms with van der Waals surface area (Å²) in [6, 6.07) is 7.17. The second-order valence-electron chi connectivity index (χ2n) is 5.23. The van der Waals surface area contributed by atoms with Crippen LogP contribution in [0.15, 0.2) is 30.6 Å². The maximum absolute atomic E-state index is 11.4. The number of benzene rings is 1. The Hall–Kier alpha value is -2.74. The van der Waals surface area contributed by atoms with Gasteiger partial charge in [0.2, 0.25) is 5.82 Å². The molecular formula is C16H20N4O4. The first-order valence-corrected chi connectivity index (χ1v) is 7.56. The molecule has 24 heavy (non-hydrogen) atoms. The number of nitrogens with zero attached hydrogens (tertiary/aromatic N) is 3. The number of anilines is 1. The summed E-state index contributed by atoms with van der Waals surface area (Å²) >= 11 is 0. The maximum Gasteiger partial charge on any atom is 0.373 e. The molecule has 0 amide bonds. The van der Waals surface area contributed by atoms with Crippen molar-refractivity contribution in [2.45, 2.75) is 26.3 Å². The third kappa shape index (κ3) is 4.39. The second kappa shape index (κ2) is 8.21. The molecule has 2 aromatic rings. The van der Waals surface area contributed by atoms with Gasteiger partial charge in [-0.1, -0.05) is 19.1 Å². The Bertz CT molecular complexity index is 691. The lowest BCUT2D eigenvalue weighted by Gasteiger charge is -2.14. The van der Waals surface area contributed by atoms with E-state index >= 15 is 0 Å². The van der Waals surface area contributed by atoms with E-state index in [1.807, 2.05) is 26.0 Å². The summed E-state index contributed by atoms with van der Waals surface area (Å²) < 4.78 is 10.6. The van der Waals surface area contributed by atoms with Crippen molar-refractivity contribution in [2.24, 2.45) is 0 Å². The van der Waals surface area contributed by atoms with Crippen molar-refractivity contribution in [3.05, 3.63) is 46.3 Å². The fourth-order valence-electron chi connectivity index (χ4n) is 2.14. The molecule has 1 aromatic heterocycles. The number of nitro groups is 1. The minimum atomic E-state index is -0.558. The van der Waals surface area contributed by atoms with Crippen LogP contribution in [-0.2, 0) is 11.2 Å². The van der Waals surface area contributed by atoms with Crippen molar-refractivity contribution in [3.8, 4) is 11.6 Å². The van der Waals surface area contributed by atoms with E-state index in [2.05, 4.69) is 15.3 Å². The van der Waals surface area contributed by atoms with Crippen molar-refractivity contribution in [1.29, 1.82) is 0 Å². The van der Waals surface area contributed by atoms with Gasteiger partial charge in [-0.15, -0.1) is 0 Å². The van der Waals surface area contributed by atoms with Crippen LogP contribution in [0.2, 0.25) is 0 Å². The van der Waals surface area contributed by atoms with Gasteiger partial charge >= 0.3 is 11.6 Å². The molecule has 128 valence electrons. The van der Waals surface area contributed by atoms with E-state index in [1.54, 1.807) is 19.2 Å². The van der Waals surface area contributed by atoms with Crippen LogP contribution in [0.4, 0.5) is 11.5 Å². The molecule has 8 nitrogen and oxygen atoms in total. The average molecular weight is 332 g/mol. The summed E-state index contributed by atoms with van der Waals surface area (Å²) in [5.74, 6) is 0.469. The first kappa shape index (κ1) is 17.6. The molecule has 1 unspecified atom stereocenters. The highest BCUT2D eigenvalue weighted by molar-refractivity contribution is 5.62. The summed E-state index contributed by atoms with van der Waals surface area (Å²) in [4.78, 5) is 18.7. The SMILES string of the molecule is CCc1ccc(Oc2ncnc(NC(C)COC)c2[N+](=O)[O-])cc1. The normalized spacial score (nSPS) is 11.8. The number of hydrogen-bond donors (Lipinski definition) is 1. The summed E-state index contributed by atoms with van der Waals surface area (Å²) in [5.41, 5.74) is 0.843. The molecule has 1 aromatic carbocycles. The summed E-state index contributed by atoms with van der Waals surface area (Å²) in [7, 11) is 1.56. The first-order valence-electron chi connectivity index (χ1n) is 7.56. The van der Waals surface area contributed by atoms with Gasteiger partial charge in [-0.2, -0.15) is 4.98 Å². The molecule has 0 aliphatic carbocycles. The lowest BCUT2D eigenvalue weighted by Crippen LogP contribution is -2.22. The van der Waals surface area contributed by atoms with Gasteiger partial charge in [0.15, 0.2) is 0 Å². The van der Waals surface area contributed by atoms with E-state index in [4.69, 9.17) is 9.47 Å². The van der Waals surface area contributed by atoms with Crippen LogP contribution in [0.25, 0.3) is 0 Å². The number of rotatable bonds is 8. The fourth-order valence-corrected chi connectivity index (χ4v) is 2.14. The molecule has 1 atom stereocenters. The largest absolute Gasteiger partial charge is 0.434 e. The van der Waals surface area contributed by atoms with Crippen molar-refractivity contribution < 1.29 is 14.4 Å². The van der Waals surface area contributed by atoms with E-state index < -0.39 is 4.92 Å². The highest BCUT2D eigenvalue weighted by Gasteiger charge is 2.25. The molecule has 0 fully saturated rings. The van der Waals surface area contributed by atoms with E-state index in [-0.39, 0.29) is 23.4 Å². The maximum atomic E-state index is 11.4. The van der Waals surface area contributed by atoms with Crippen LogP contribution in [0.5, 0.6) is 11.6 Å². The molecule has 8 heteroatoms. The van der Waals surface area contributed by atoms with Gasteiger partial charge in [-0.3, -0.25) is 10.1 Å². The number of methoxy groups -OCH3 is 1. The van der Waals surface area contributed by atoms with Crippen LogP contribution in [0.3, 0.4) is 0 Å². The number of ether oxygens (including phenoxy) is 2. The number of aryl methyl sites for hydroxylation is 1. The zero-order valence-corrected chi connectivity index (χ0v) is 13.9. The number of nitrogens with one attached hydrogen (secondary N) is 1. The summed E-state index contributed by atoms with van der Waals surface area (Å²) in [6.45, 7) is 4.26. The molecule has 0 saturated heterocycles. The van der Waals surface area contributed by atoms with Gasteiger partial charge in [-0.25, -0.2) is 4.98 Å². The van der Waals surface area contributed by atoms with Gasteiger partial charge < -0.3 is 14.8 Å². The van der Waals surface area contributed by atoms with Crippen LogP contribution >= 0.6 is 0 Å². The molecule has 0 saturated carbocycles. The molecule has 0 radical (unpaired) electrons. The van der Waals surface area contributed by atoms with Crippen molar-refractivity contribution in [3.63, 3.8) is 0 Å². The lowest BCUT2D eigenvalue weighted by molar-refractivity contribution is -0.385. The second-order valence-corrected chi connectivity index (χ2v) is 5.23. The molecular weight excluding hydrogens is 312 g/mol. The molecule has 2 rings (SSSR count).